The van der Waals surface area contributed by atoms with E-state index in [2.05, 4.69) is 28.4 Å². The minimum absolute atomic E-state index is 0.181. The van der Waals surface area contributed by atoms with Crippen LogP contribution in [0, 0.1) is 0 Å². The molecule has 0 radical (unpaired) electrons. The predicted molar refractivity (Wildman–Crippen MR) is 85.8 cm³/mol. The largest absolute Gasteiger partial charge is 0.465 e. The van der Waals surface area contributed by atoms with Crippen molar-refractivity contribution < 1.29 is 9.90 Å². The Balaban J connectivity index is 1.81. The first-order valence-corrected chi connectivity index (χ1v) is 7.56. The second kappa shape index (κ2) is 6.62. The predicted octanol–water partition coefficient (Wildman–Crippen LogP) is 3.05. The van der Waals surface area contributed by atoms with Crippen molar-refractivity contribution in [2.75, 3.05) is 13.1 Å². The van der Waals surface area contributed by atoms with Gasteiger partial charge in [-0.25, -0.2) is 4.79 Å². The van der Waals surface area contributed by atoms with E-state index in [0.717, 1.165) is 25.1 Å². The van der Waals surface area contributed by atoms with Gasteiger partial charge in [-0.1, -0.05) is 54.6 Å². The molecule has 1 aliphatic heterocycles. The van der Waals surface area contributed by atoms with Crippen LogP contribution in [-0.4, -0.2) is 29.2 Å². The molecular formula is C18H20N2O2. The molecule has 0 fully saturated rings. The molecular weight excluding hydrogens is 276 g/mol. The zero-order valence-electron chi connectivity index (χ0n) is 12.4. The maximum Gasteiger partial charge on any atom is 0.405 e. The Bertz CT molecular complexity index is 643. The topological polar surface area (TPSA) is 52.6 Å². The Morgan fingerprint density at radius 1 is 1.14 bits per heavy atom. The fourth-order valence-electron chi connectivity index (χ4n) is 3.09. The molecule has 2 aromatic rings. The third kappa shape index (κ3) is 3.46. The van der Waals surface area contributed by atoms with Crippen molar-refractivity contribution >= 4 is 6.09 Å². The number of carbonyl (C=O) groups is 1. The first-order valence-electron chi connectivity index (χ1n) is 7.56. The summed E-state index contributed by atoms with van der Waals surface area (Å²) < 4.78 is 0. The minimum Gasteiger partial charge on any atom is -0.465 e. The van der Waals surface area contributed by atoms with Gasteiger partial charge in [-0.15, -0.1) is 0 Å². The Hall–Kier alpha value is -2.33. The number of amides is 1. The van der Waals surface area contributed by atoms with Gasteiger partial charge in [-0.3, -0.25) is 4.90 Å². The molecule has 4 nitrogen and oxygen atoms in total. The molecule has 114 valence electrons. The number of carboxylic acid groups (broad SMARTS) is 1. The van der Waals surface area contributed by atoms with Crippen molar-refractivity contribution in [3.8, 4) is 0 Å². The van der Waals surface area contributed by atoms with Crippen LogP contribution in [0.3, 0.4) is 0 Å². The van der Waals surface area contributed by atoms with E-state index in [1.165, 1.54) is 11.1 Å². The molecule has 0 aromatic heterocycles. The molecule has 1 heterocycles. The lowest BCUT2D eigenvalue weighted by Gasteiger charge is -2.25. The van der Waals surface area contributed by atoms with Crippen molar-refractivity contribution in [2.24, 2.45) is 0 Å². The molecule has 0 spiro atoms. The van der Waals surface area contributed by atoms with Gasteiger partial charge in [0, 0.05) is 19.6 Å². The molecule has 0 aliphatic carbocycles. The molecule has 2 N–H and O–H groups in total. The van der Waals surface area contributed by atoms with E-state index in [1.54, 1.807) is 0 Å². The van der Waals surface area contributed by atoms with Gasteiger partial charge in [-0.05, 0) is 23.1 Å². The molecule has 1 unspecified atom stereocenters. The van der Waals surface area contributed by atoms with Crippen molar-refractivity contribution in [1.82, 2.24) is 10.2 Å². The van der Waals surface area contributed by atoms with E-state index in [9.17, 15) is 4.79 Å². The SMILES string of the molecule is O=C(O)NC1CN(Cc2ccccc2)CCc2ccccc21. The molecule has 0 saturated carbocycles. The lowest BCUT2D eigenvalue weighted by Crippen LogP contribution is -2.36. The van der Waals surface area contributed by atoms with E-state index in [1.807, 2.05) is 36.4 Å². The smallest absolute Gasteiger partial charge is 0.405 e. The van der Waals surface area contributed by atoms with Crippen LogP contribution >= 0.6 is 0 Å². The Morgan fingerprint density at radius 3 is 2.64 bits per heavy atom. The van der Waals surface area contributed by atoms with Crippen LogP contribution in [0.25, 0.3) is 0 Å². The van der Waals surface area contributed by atoms with Gasteiger partial charge in [0.2, 0.25) is 0 Å². The summed E-state index contributed by atoms with van der Waals surface area (Å²) in [7, 11) is 0. The van der Waals surface area contributed by atoms with Gasteiger partial charge in [0.05, 0.1) is 6.04 Å². The van der Waals surface area contributed by atoms with E-state index < -0.39 is 6.09 Å². The molecule has 0 saturated heterocycles. The number of nitrogens with zero attached hydrogens (tertiary/aromatic N) is 1. The monoisotopic (exact) mass is 296 g/mol. The molecule has 0 bridgehead atoms. The number of rotatable bonds is 3. The van der Waals surface area contributed by atoms with Crippen molar-refractivity contribution in [1.29, 1.82) is 0 Å². The summed E-state index contributed by atoms with van der Waals surface area (Å²) in [6, 6.07) is 18.2. The van der Waals surface area contributed by atoms with E-state index >= 15 is 0 Å². The summed E-state index contributed by atoms with van der Waals surface area (Å²) in [6.07, 6.45) is -0.0257. The van der Waals surface area contributed by atoms with Gasteiger partial charge >= 0.3 is 6.09 Å². The molecule has 2 aromatic carbocycles. The summed E-state index contributed by atoms with van der Waals surface area (Å²) in [5, 5.41) is 11.8. The summed E-state index contributed by atoms with van der Waals surface area (Å²) in [4.78, 5) is 13.4. The minimum atomic E-state index is -0.971. The van der Waals surface area contributed by atoms with Crippen molar-refractivity contribution in [3.63, 3.8) is 0 Å². The fraction of sp³-hybridized carbons (Fsp3) is 0.278. The first-order chi connectivity index (χ1) is 10.7. The number of hydrogen-bond acceptors (Lipinski definition) is 2. The number of nitrogens with one attached hydrogen (secondary N) is 1. The molecule has 1 amide bonds. The zero-order chi connectivity index (χ0) is 15.4. The fourth-order valence-corrected chi connectivity index (χ4v) is 3.09. The Kier molecular flexibility index (Phi) is 4.39. The van der Waals surface area contributed by atoms with E-state index in [-0.39, 0.29) is 6.04 Å². The zero-order valence-corrected chi connectivity index (χ0v) is 12.4. The summed E-state index contributed by atoms with van der Waals surface area (Å²) in [5.41, 5.74) is 3.58. The maximum atomic E-state index is 11.1. The van der Waals surface area contributed by atoms with Crippen LogP contribution in [0.5, 0.6) is 0 Å². The number of fused-ring (bicyclic) bond motifs is 1. The first kappa shape index (κ1) is 14.6. The van der Waals surface area contributed by atoms with Crippen molar-refractivity contribution in [2.45, 2.75) is 19.0 Å². The van der Waals surface area contributed by atoms with E-state index in [0.29, 0.717) is 6.54 Å². The van der Waals surface area contributed by atoms with Crippen LogP contribution in [0.4, 0.5) is 4.79 Å². The highest BCUT2D eigenvalue weighted by molar-refractivity contribution is 5.65. The standard InChI is InChI=1S/C18H20N2O2/c21-18(22)19-17-13-20(12-14-6-2-1-3-7-14)11-10-15-8-4-5-9-16(15)17/h1-9,17,19H,10-13H2,(H,21,22). The van der Waals surface area contributed by atoms with Gasteiger partial charge in [0.25, 0.3) is 0 Å². The highest BCUT2D eigenvalue weighted by atomic mass is 16.4. The second-order valence-electron chi connectivity index (χ2n) is 5.67. The van der Waals surface area contributed by atoms with E-state index in [4.69, 9.17) is 5.11 Å². The quantitative estimate of drug-likeness (QED) is 0.915. The van der Waals surface area contributed by atoms with Crippen LogP contribution in [0.15, 0.2) is 54.6 Å². The molecule has 22 heavy (non-hydrogen) atoms. The third-order valence-electron chi connectivity index (χ3n) is 4.12. The molecule has 1 aliphatic rings. The number of benzene rings is 2. The Morgan fingerprint density at radius 2 is 1.86 bits per heavy atom. The highest BCUT2D eigenvalue weighted by Gasteiger charge is 2.24. The third-order valence-corrected chi connectivity index (χ3v) is 4.12. The average molecular weight is 296 g/mol. The lowest BCUT2D eigenvalue weighted by molar-refractivity contribution is 0.181. The van der Waals surface area contributed by atoms with Crippen molar-refractivity contribution in [3.05, 3.63) is 71.3 Å². The van der Waals surface area contributed by atoms with Gasteiger partial charge < -0.3 is 10.4 Å². The molecule has 4 heteroatoms. The normalized spacial score (nSPS) is 18.3. The lowest BCUT2D eigenvalue weighted by atomic mass is 10.00. The van der Waals surface area contributed by atoms with Gasteiger partial charge in [-0.2, -0.15) is 0 Å². The van der Waals surface area contributed by atoms with Crippen LogP contribution in [0.1, 0.15) is 22.7 Å². The highest BCUT2D eigenvalue weighted by Crippen LogP contribution is 2.24. The molecule has 3 rings (SSSR count). The van der Waals surface area contributed by atoms with Crippen LogP contribution < -0.4 is 5.32 Å². The summed E-state index contributed by atoms with van der Waals surface area (Å²) in [6.45, 7) is 2.47. The molecule has 1 atom stereocenters. The second-order valence-corrected chi connectivity index (χ2v) is 5.67. The van der Waals surface area contributed by atoms with Gasteiger partial charge in [0.1, 0.15) is 0 Å². The van der Waals surface area contributed by atoms with Crippen LogP contribution in [0.2, 0.25) is 0 Å². The van der Waals surface area contributed by atoms with Crippen LogP contribution in [-0.2, 0) is 13.0 Å². The Labute approximate surface area is 130 Å². The van der Waals surface area contributed by atoms with Gasteiger partial charge in [0.15, 0.2) is 0 Å². The maximum absolute atomic E-state index is 11.1. The average Bonchev–Trinajstić information content (AvgIpc) is 2.68. The number of hydrogen-bond donors (Lipinski definition) is 2. The summed E-state index contributed by atoms with van der Waals surface area (Å²) in [5.74, 6) is 0. The summed E-state index contributed by atoms with van der Waals surface area (Å²) >= 11 is 0.